The Morgan fingerprint density at radius 2 is 1.68 bits per heavy atom. The van der Waals surface area contributed by atoms with Crippen molar-refractivity contribution in [3.05, 3.63) is 87.4 Å². The molecule has 8 nitrogen and oxygen atoms in total. The maximum Gasteiger partial charge on any atom is 0.264 e. The lowest BCUT2D eigenvalue weighted by Gasteiger charge is -2.32. The van der Waals surface area contributed by atoms with Crippen LogP contribution in [0.25, 0.3) is 0 Å². The highest BCUT2D eigenvalue weighted by molar-refractivity contribution is 9.10. The number of aryl methyl sites for hydroxylation is 1. The number of hydrogen-bond acceptors (Lipinski definition) is 5. The molecule has 0 bridgehead atoms. The maximum atomic E-state index is 13.8. The fraction of sp³-hybridized carbons (Fsp3) is 0.259. The van der Waals surface area contributed by atoms with Crippen molar-refractivity contribution >= 4 is 55.1 Å². The molecule has 1 atom stereocenters. The molecule has 38 heavy (non-hydrogen) atoms. The van der Waals surface area contributed by atoms with E-state index < -0.39 is 28.5 Å². The minimum atomic E-state index is -4.19. The van der Waals surface area contributed by atoms with Crippen LogP contribution in [-0.4, -0.2) is 51.9 Å². The first-order valence-corrected chi connectivity index (χ1v) is 14.3. The summed E-state index contributed by atoms with van der Waals surface area (Å²) in [6.45, 7) is 2.99. The first-order chi connectivity index (χ1) is 18.0. The van der Waals surface area contributed by atoms with Crippen molar-refractivity contribution in [1.29, 1.82) is 0 Å². The Morgan fingerprint density at radius 1 is 1.05 bits per heavy atom. The molecule has 3 rings (SSSR count). The number of halogens is 2. The number of hydrogen-bond donors (Lipinski definition) is 1. The zero-order valence-electron chi connectivity index (χ0n) is 21.4. The fourth-order valence-corrected chi connectivity index (χ4v) is 5.68. The topological polar surface area (TPSA) is 96.0 Å². The van der Waals surface area contributed by atoms with Crippen molar-refractivity contribution in [2.45, 2.75) is 31.3 Å². The van der Waals surface area contributed by atoms with Gasteiger partial charge in [0.05, 0.1) is 22.7 Å². The molecule has 0 saturated carbocycles. The van der Waals surface area contributed by atoms with Gasteiger partial charge in [-0.25, -0.2) is 8.42 Å². The van der Waals surface area contributed by atoms with Crippen LogP contribution in [0.3, 0.4) is 0 Å². The van der Waals surface area contributed by atoms with Crippen molar-refractivity contribution in [3.8, 4) is 5.75 Å². The molecule has 2 amide bonds. The summed E-state index contributed by atoms with van der Waals surface area (Å²) in [7, 11) is -1.26. The van der Waals surface area contributed by atoms with Gasteiger partial charge in [-0.05, 0) is 61.9 Å². The summed E-state index contributed by atoms with van der Waals surface area (Å²) >= 11 is 9.71. The summed E-state index contributed by atoms with van der Waals surface area (Å²) in [5.74, 6) is -0.581. The van der Waals surface area contributed by atoms with Crippen LogP contribution in [0.5, 0.6) is 5.75 Å². The number of nitrogens with one attached hydrogen (secondary N) is 1. The third-order valence-electron chi connectivity index (χ3n) is 5.99. The Hall–Kier alpha value is -3.08. The minimum Gasteiger partial charge on any atom is -0.495 e. The summed E-state index contributed by atoms with van der Waals surface area (Å²) in [4.78, 5) is 27.7. The second kappa shape index (κ2) is 12.6. The number of methoxy groups -OCH3 is 1. The number of ether oxygens (including phenoxy) is 1. The number of likely N-dealkylation sites (N-methyl/N-ethyl adjacent to an activating group) is 1. The standard InChI is InChI=1S/C27H29BrClN3O5S/c1-18-5-12-23(13-6-18)38(35,36)32(22-11-14-25(37-4)24(29)15-22)17-26(33)31(19(2)27(34)30-3)16-20-7-9-21(28)10-8-20/h5-15,19H,16-17H2,1-4H3,(H,30,34)/t19-/m1/s1. The molecule has 1 N–H and O–H groups in total. The lowest BCUT2D eigenvalue weighted by molar-refractivity contribution is -0.139. The van der Waals surface area contributed by atoms with E-state index in [2.05, 4.69) is 21.2 Å². The van der Waals surface area contributed by atoms with Crippen LogP contribution in [0.1, 0.15) is 18.1 Å². The van der Waals surface area contributed by atoms with E-state index in [1.165, 1.54) is 49.4 Å². The van der Waals surface area contributed by atoms with Crippen LogP contribution in [0.15, 0.2) is 76.1 Å². The highest BCUT2D eigenvalue weighted by Crippen LogP contribution is 2.32. The smallest absolute Gasteiger partial charge is 0.264 e. The Bertz CT molecular complexity index is 1400. The molecule has 0 aliphatic rings. The molecule has 3 aromatic rings. The average Bonchev–Trinajstić information content (AvgIpc) is 2.90. The summed E-state index contributed by atoms with van der Waals surface area (Å²) < 4.78 is 34.7. The number of rotatable bonds is 10. The Labute approximate surface area is 236 Å². The Balaban J connectivity index is 2.06. The van der Waals surface area contributed by atoms with Gasteiger partial charge in [0.2, 0.25) is 11.8 Å². The lowest BCUT2D eigenvalue weighted by atomic mass is 10.1. The fourth-order valence-electron chi connectivity index (χ4n) is 3.75. The number of benzene rings is 3. The molecule has 11 heteroatoms. The van der Waals surface area contributed by atoms with E-state index in [0.29, 0.717) is 5.75 Å². The van der Waals surface area contributed by atoms with Gasteiger partial charge in [-0.1, -0.05) is 57.4 Å². The van der Waals surface area contributed by atoms with Crippen LogP contribution in [0.4, 0.5) is 5.69 Å². The zero-order valence-corrected chi connectivity index (χ0v) is 24.6. The Morgan fingerprint density at radius 3 is 2.24 bits per heavy atom. The molecule has 0 heterocycles. The van der Waals surface area contributed by atoms with E-state index in [1.54, 1.807) is 19.1 Å². The number of carbonyl (C=O) groups is 2. The molecule has 0 unspecified atom stereocenters. The second-order valence-corrected chi connectivity index (χ2v) is 11.8. The van der Waals surface area contributed by atoms with Crippen molar-refractivity contribution in [2.24, 2.45) is 0 Å². The largest absolute Gasteiger partial charge is 0.495 e. The predicted molar refractivity (Wildman–Crippen MR) is 152 cm³/mol. The SMILES string of the molecule is CNC(=O)[C@@H](C)N(Cc1ccc(Br)cc1)C(=O)CN(c1ccc(OC)c(Cl)c1)S(=O)(=O)c1ccc(C)cc1. The van der Waals surface area contributed by atoms with E-state index in [0.717, 1.165) is 19.9 Å². The molecule has 3 aromatic carbocycles. The van der Waals surface area contributed by atoms with Gasteiger partial charge >= 0.3 is 0 Å². The summed E-state index contributed by atoms with van der Waals surface area (Å²) in [5.41, 5.74) is 1.85. The number of amides is 2. The second-order valence-electron chi connectivity index (χ2n) is 8.58. The van der Waals surface area contributed by atoms with Crippen LogP contribution >= 0.6 is 27.5 Å². The number of nitrogens with zero attached hydrogens (tertiary/aromatic N) is 2. The predicted octanol–water partition coefficient (Wildman–Crippen LogP) is 4.78. The molecular weight excluding hydrogens is 594 g/mol. The highest BCUT2D eigenvalue weighted by atomic mass is 79.9. The number of carbonyl (C=O) groups excluding carboxylic acids is 2. The molecule has 0 fully saturated rings. The molecule has 0 saturated heterocycles. The molecule has 0 radical (unpaired) electrons. The van der Waals surface area contributed by atoms with Crippen molar-refractivity contribution in [1.82, 2.24) is 10.2 Å². The van der Waals surface area contributed by atoms with Gasteiger partial charge in [-0.15, -0.1) is 0 Å². The Kier molecular flexibility index (Phi) is 9.81. The van der Waals surface area contributed by atoms with E-state index in [-0.39, 0.29) is 28.1 Å². The first kappa shape index (κ1) is 29.5. The van der Waals surface area contributed by atoms with E-state index in [9.17, 15) is 18.0 Å². The highest BCUT2D eigenvalue weighted by Gasteiger charge is 2.32. The van der Waals surface area contributed by atoms with Gasteiger partial charge in [0, 0.05) is 18.1 Å². The van der Waals surface area contributed by atoms with Gasteiger partial charge in [-0.2, -0.15) is 0 Å². The van der Waals surface area contributed by atoms with E-state index in [1.807, 2.05) is 31.2 Å². The first-order valence-electron chi connectivity index (χ1n) is 11.7. The van der Waals surface area contributed by atoms with Gasteiger partial charge in [0.15, 0.2) is 0 Å². The van der Waals surface area contributed by atoms with Crippen LogP contribution in [-0.2, 0) is 26.2 Å². The number of anilines is 1. The number of sulfonamides is 1. The van der Waals surface area contributed by atoms with Gasteiger partial charge in [0.25, 0.3) is 10.0 Å². The molecule has 0 aliphatic carbocycles. The average molecular weight is 623 g/mol. The molecule has 0 spiro atoms. The van der Waals surface area contributed by atoms with E-state index >= 15 is 0 Å². The molecular formula is C27H29BrClN3O5S. The molecule has 0 aromatic heterocycles. The summed E-state index contributed by atoms with van der Waals surface area (Å²) in [6.07, 6.45) is 0. The van der Waals surface area contributed by atoms with Gasteiger partial charge in [0.1, 0.15) is 18.3 Å². The zero-order chi connectivity index (χ0) is 28.0. The third kappa shape index (κ3) is 6.86. The minimum absolute atomic E-state index is 0.0154. The van der Waals surface area contributed by atoms with Crippen LogP contribution in [0, 0.1) is 6.92 Å². The maximum absolute atomic E-state index is 13.8. The molecule has 202 valence electrons. The van der Waals surface area contributed by atoms with Gasteiger partial charge in [-0.3, -0.25) is 13.9 Å². The third-order valence-corrected chi connectivity index (χ3v) is 8.60. The summed E-state index contributed by atoms with van der Waals surface area (Å²) in [6, 6.07) is 17.3. The van der Waals surface area contributed by atoms with Crippen molar-refractivity contribution in [3.63, 3.8) is 0 Å². The molecule has 0 aliphatic heterocycles. The van der Waals surface area contributed by atoms with Crippen molar-refractivity contribution < 1.29 is 22.7 Å². The van der Waals surface area contributed by atoms with Crippen molar-refractivity contribution in [2.75, 3.05) is 25.0 Å². The van der Waals surface area contributed by atoms with Crippen LogP contribution < -0.4 is 14.4 Å². The quantitative estimate of drug-likeness (QED) is 0.351. The lowest BCUT2D eigenvalue weighted by Crippen LogP contribution is -2.50. The summed E-state index contributed by atoms with van der Waals surface area (Å²) in [5, 5.41) is 2.74. The monoisotopic (exact) mass is 621 g/mol. The van der Waals surface area contributed by atoms with Gasteiger partial charge < -0.3 is 15.0 Å². The normalized spacial score (nSPS) is 11.9. The van der Waals surface area contributed by atoms with E-state index in [4.69, 9.17) is 16.3 Å². The van der Waals surface area contributed by atoms with Crippen LogP contribution in [0.2, 0.25) is 5.02 Å².